The number of halogens is 3. The lowest BCUT2D eigenvalue weighted by molar-refractivity contribution is -0.115. The van der Waals surface area contributed by atoms with Crippen LogP contribution in [0.15, 0.2) is 47.6 Å². The van der Waals surface area contributed by atoms with Crippen molar-refractivity contribution in [1.29, 1.82) is 0 Å². The molecule has 2 amide bonds. The number of pyridine rings is 2. The van der Waals surface area contributed by atoms with Gasteiger partial charge < -0.3 is 19.9 Å². The van der Waals surface area contributed by atoms with Gasteiger partial charge in [0.25, 0.3) is 5.91 Å². The molecule has 12 heteroatoms. The first kappa shape index (κ1) is 35.1. The Hall–Kier alpha value is -3.76. The molecule has 3 heterocycles. The number of piperazine rings is 1. The average Bonchev–Trinajstić information content (AvgIpc) is 2.98. The highest BCUT2D eigenvalue weighted by molar-refractivity contribution is 6.34. The van der Waals surface area contributed by atoms with Crippen LogP contribution in [0.3, 0.4) is 0 Å². The minimum Gasteiger partial charge on any atom is -0.444 e. The van der Waals surface area contributed by atoms with Crippen LogP contribution in [0.2, 0.25) is 5.02 Å². The summed E-state index contributed by atoms with van der Waals surface area (Å²) in [6, 6.07) is 9.17. The Morgan fingerprint density at radius 2 is 1.78 bits per heavy atom. The molecule has 0 spiro atoms. The zero-order valence-corrected chi connectivity index (χ0v) is 29.0. The number of carbonyl (C=O) groups excluding carboxylic acids is 2. The number of aryl methyl sites for hydroxylation is 1. The minimum absolute atomic E-state index is 0.0666. The molecular weight excluding hydrogens is 630 g/mol. The van der Waals surface area contributed by atoms with Crippen molar-refractivity contribution in [2.45, 2.75) is 79.0 Å². The number of amidine groups is 1. The number of aromatic nitrogens is 2. The van der Waals surface area contributed by atoms with Gasteiger partial charge in [-0.05, 0) is 77.3 Å². The molecule has 2 aromatic heterocycles. The van der Waals surface area contributed by atoms with Gasteiger partial charge in [0.2, 0.25) is 0 Å². The van der Waals surface area contributed by atoms with Gasteiger partial charge in [0, 0.05) is 36.9 Å². The van der Waals surface area contributed by atoms with Crippen molar-refractivity contribution in [2.75, 3.05) is 24.3 Å². The van der Waals surface area contributed by atoms with Gasteiger partial charge in [-0.15, -0.1) is 11.6 Å². The largest absolute Gasteiger partial charge is 0.444 e. The number of anilines is 2. The molecule has 0 radical (unpaired) electrons. The molecule has 9 nitrogen and oxygen atoms in total. The van der Waals surface area contributed by atoms with E-state index in [1.54, 1.807) is 35.4 Å². The minimum atomic E-state index is -0.654. The molecule has 246 valence electrons. The topological polar surface area (TPSA) is 100 Å². The predicted octanol–water partition coefficient (Wildman–Crippen LogP) is 7.95. The van der Waals surface area contributed by atoms with E-state index in [9.17, 15) is 9.59 Å². The van der Waals surface area contributed by atoms with Gasteiger partial charge in [-0.1, -0.05) is 37.6 Å². The van der Waals surface area contributed by atoms with Gasteiger partial charge in [-0.2, -0.15) is 4.99 Å². The van der Waals surface area contributed by atoms with Crippen LogP contribution >= 0.6 is 23.2 Å². The highest BCUT2D eigenvalue weighted by Gasteiger charge is 2.37. The van der Waals surface area contributed by atoms with Crippen molar-refractivity contribution in [3.8, 4) is 11.3 Å². The Bertz CT molecular complexity index is 1640. The first-order valence-electron chi connectivity index (χ1n) is 15.2. The average molecular weight is 672 g/mol. The maximum absolute atomic E-state index is 15.1. The Labute approximate surface area is 280 Å². The lowest BCUT2D eigenvalue weighted by Crippen LogP contribution is -2.60. The quantitative estimate of drug-likeness (QED) is 0.161. The molecule has 2 atom stereocenters. The molecule has 1 aromatic carbocycles. The van der Waals surface area contributed by atoms with Crippen LogP contribution in [-0.2, 0) is 9.53 Å². The maximum atomic E-state index is 15.1. The standard InChI is InChI=1S/C34H41Cl2FN6O3/c1-19(2)28-29(20(3)13-14-38-28)40-31-24(15-25(36)30(41-31)23-11-9-10-12-26(23)37)32(39-27(44)16-35)42-17-22(5)43(18-21(42)4)33(45)46-34(6,7)8/h9-15,19,21-22H,16-18H2,1-8H3,(H,40,41)/t21-,22+/m0/s1. The summed E-state index contributed by atoms with van der Waals surface area (Å²) in [5, 5.41) is 3.61. The third-order valence-corrected chi connectivity index (χ3v) is 8.07. The molecule has 0 unspecified atom stereocenters. The van der Waals surface area contributed by atoms with Gasteiger partial charge in [0.05, 0.1) is 27.7 Å². The van der Waals surface area contributed by atoms with Crippen LogP contribution in [0.5, 0.6) is 0 Å². The van der Waals surface area contributed by atoms with Crippen LogP contribution in [0, 0.1) is 12.7 Å². The molecular formula is C34H41Cl2FN6O3. The molecule has 0 bridgehead atoms. The number of nitrogens with zero attached hydrogens (tertiary/aromatic N) is 5. The smallest absolute Gasteiger partial charge is 0.410 e. The summed E-state index contributed by atoms with van der Waals surface area (Å²) in [5.41, 5.74) is 2.64. The number of rotatable bonds is 6. The van der Waals surface area contributed by atoms with E-state index in [2.05, 4.69) is 15.3 Å². The number of amides is 2. The number of carbonyl (C=O) groups is 2. The SMILES string of the molecule is Cc1ccnc(C(C)C)c1Nc1nc(-c2ccccc2F)c(Cl)cc1C(=NC(=O)CCl)N1C[C@@H](C)N(C(=O)OC(C)(C)C)C[C@@H]1C. The molecule has 46 heavy (non-hydrogen) atoms. The molecule has 1 fully saturated rings. The highest BCUT2D eigenvalue weighted by Crippen LogP contribution is 2.36. The highest BCUT2D eigenvalue weighted by atomic mass is 35.5. The number of aliphatic imine (C=N–C) groups is 1. The number of alkyl halides is 1. The van der Waals surface area contributed by atoms with E-state index in [1.807, 2.05) is 66.4 Å². The van der Waals surface area contributed by atoms with Gasteiger partial charge >= 0.3 is 6.09 Å². The van der Waals surface area contributed by atoms with E-state index in [0.717, 1.165) is 16.9 Å². The lowest BCUT2D eigenvalue weighted by Gasteiger charge is -2.45. The molecule has 0 aliphatic carbocycles. The third kappa shape index (κ3) is 7.96. The van der Waals surface area contributed by atoms with E-state index in [0.29, 0.717) is 24.5 Å². The van der Waals surface area contributed by atoms with Gasteiger partial charge in [0.15, 0.2) is 0 Å². The second kappa shape index (κ2) is 14.3. The monoisotopic (exact) mass is 670 g/mol. The number of nitrogens with one attached hydrogen (secondary N) is 1. The fraction of sp³-hybridized carbons (Fsp3) is 0.441. The molecule has 1 aliphatic heterocycles. The fourth-order valence-electron chi connectivity index (χ4n) is 5.32. The van der Waals surface area contributed by atoms with Crippen LogP contribution in [0.4, 0.5) is 20.7 Å². The van der Waals surface area contributed by atoms with Crippen LogP contribution in [0.25, 0.3) is 11.3 Å². The van der Waals surface area contributed by atoms with Crippen molar-refractivity contribution in [1.82, 2.24) is 19.8 Å². The third-order valence-electron chi connectivity index (χ3n) is 7.56. The second-order valence-corrected chi connectivity index (χ2v) is 13.5. The normalized spacial score (nSPS) is 17.3. The molecule has 1 saturated heterocycles. The second-order valence-electron chi connectivity index (χ2n) is 12.8. The molecule has 0 saturated carbocycles. The molecule has 1 N–H and O–H groups in total. The van der Waals surface area contributed by atoms with Gasteiger partial charge in [-0.3, -0.25) is 9.78 Å². The summed E-state index contributed by atoms with van der Waals surface area (Å²) in [5.74, 6) is -0.747. The summed E-state index contributed by atoms with van der Waals surface area (Å²) in [6.07, 6.45) is 1.33. The summed E-state index contributed by atoms with van der Waals surface area (Å²) < 4.78 is 20.7. The fourth-order valence-corrected chi connectivity index (χ4v) is 5.63. The molecule has 4 rings (SSSR count). The molecule has 3 aromatic rings. The van der Waals surface area contributed by atoms with E-state index in [1.165, 1.54) is 6.07 Å². The van der Waals surface area contributed by atoms with Crippen molar-refractivity contribution < 1.29 is 18.7 Å². The summed E-state index contributed by atoms with van der Waals surface area (Å²) in [6.45, 7) is 16.0. The number of hydrogen-bond donors (Lipinski definition) is 1. The first-order chi connectivity index (χ1) is 21.6. The van der Waals surface area contributed by atoms with Crippen LogP contribution in [0.1, 0.15) is 71.2 Å². The van der Waals surface area contributed by atoms with E-state index >= 15 is 4.39 Å². The summed E-state index contributed by atoms with van der Waals surface area (Å²) in [7, 11) is 0. The Kier molecular flexibility index (Phi) is 10.9. The van der Waals surface area contributed by atoms with Gasteiger partial charge in [-0.25, -0.2) is 14.2 Å². The van der Waals surface area contributed by atoms with Gasteiger partial charge in [0.1, 0.15) is 29.0 Å². The van der Waals surface area contributed by atoms with Crippen molar-refractivity contribution >= 4 is 52.5 Å². The first-order valence-corrected chi connectivity index (χ1v) is 16.1. The van der Waals surface area contributed by atoms with E-state index < -0.39 is 23.4 Å². The zero-order valence-electron chi connectivity index (χ0n) is 27.5. The number of hydrogen-bond acceptors (Lipinski definition) is 6. The van der Waals surface area contributed by atoms with Crippen LogP contribution in [-0.4, -0.2) is 74.3 Å². The molecule has 1 aliphatic rings. The van der Waals surface area contributed by atoms with Crippen LogP contribution < -0.4 is 5.32 Å². The number of benzene rings is 1. The maximum Gasteiger partial charge on any atom is 0.410 e. The summed E-state index contributed by atoms with van der Waals surface area (Å²) >= 11 is 12.8. The predicted molar refractivity (Wildman–Crippen MR) is 182 cm³/mol. The van der Waals surface area contributed by atoms with Crippen molar-refractivity contribution in [2.24, 2.45) is 4.99 Å². The summed E-state index contributed by atoms with van der Waals surface area (Å²) in [4.78, 5) is 43.5. The Morgan fingerprint density at radius 1 is 1.13 bits per heavy atom. The Balaban J connectivity index is 1.90. The lowest BCUT2D eigenvalue weighted by atomic mass is 10.0. The van der Waals surface area contributed by atoms with E-state index in [-0.39, 0.29) is 46.0 Å². The van der Waals surface area contributed by atoms with Crippen molar-refractivity contribution in [3.63, 3.8) is 0 Å². The van der Waals surface area contributed by atoms with Crippen molar-refractivity contribution in [3.05, 3.63) is 70.3 Å². The number of ether oxygens (including phenoxy) is 1. The Morgan fingerprint density at radius 3 is 2.41 bits per heavy atom. The zero-order chi connectivity index (χ0) is 33.9. The van der Waals surface area contributed by atoms with E-state index in [4.69, 9.17) is 32.9 Å².